The predicted molar refractivity (Wildman–Crippen MR) is 120 cm³/mol. The second-order valence-electron chi connectivity index (χ2n) is 10.6. The van der Waals surface area contributed by atoms with E-state index in [-0.39, 0.29) is 0 Å². The Balaban J connectivity index is 2.28. The summed E-state index contributed by atoms with van der Waals surface area (Å²) in [6, 6.07) is 0. The molecule has 1 saturated carbocycles. The molecule has 0 radical (unpaired) electrons. The van der Waals surface area contributed by atoms with Gasteiger partial charge in [-0.1, -0.05) is 75.9 Å². The van der Waals surface area contributed by atoms with Crippen molar-refractivity contribution in [2.75, 3.05) is 0 Å². The zero-order chi connectivity index (χ0) is 19.5. The van der Waals surface area contributed by atoms with Crippen LogP contribution in [-0.4, -0.2) is 6.71 Å². The van der Waals surface area contributed by atoms with Crippen molar-refractivity contribution in [3.8, 4) is 0 Å². The van der Waals surface area contributed by atoms with E-state index in [2.05, 4.69) is 79.7 Å². The molecule has 4 atom stereocenters. The SMILES string of the molecule is CC(C)=CC(B(CCC12C=CC(CC1)C2)C(C=C(C)C)C(C)C)C(C)C. The van der Waals surface area contributed by atoms with Crippen molar-refractivity contribution in [3.63, 3.8) is 0 Å². The highest BCUT2D eigenvalue weighted by molar-refractivity contribution is 6.63. The fourth-order valence-electron chi connectivity index (χ4n) is 5.65. The third kappa shape index (κ3) is 5.40. The van der Waals surface area contributed by atoms with Crippen LogP contribution in [0.4, 0.5) is 0 Å². The van der Waals surface area contributed by atoms with Crippen molar-refractivity contribution in [3.05, 3.63) is 35.5 Å². The molecule has 0 aromatic heterocycles. The lowest BCUT2D eigenvalue weighted by Gasteiger charge is -2.36. The van der Waals surface area contributed by atoms with Crippen LogP contribution < -0.4 is 0 Å². The Kier molecular flexibility index (Phi) is 7.46. The van der Waals surface area contributed by atoms with Gasteiger partial charge in [-0.3, -0.25) is 0 Å². The monoisotopic (exact) mass is 354 g/mol. The largest absolute Gasteiger partial charge is 0.155 e. The third-order valence-electron chi connectivity index (χ3n) is 6.96. The summed E-state index contributed by atoms with van der Waals surface area (Å²) >= 11 is 0. The summed E-state index contributed by atoms with van der Waals surface area (Å²) in [5.41, 5.74) is 3.50. The lowest BCUT2D eigenvalue weighted by Crippen LogP contribution is -2.32. The van der Waals surface area contributed by atoms with Crippen LogP contribution in [0.15, 0.2) is 35.5 Å². The molecule has 2 aliphatic carbocycles. The van der Waals surface area contributed by atoms with E-state index in [1.165, 1.54) is 43.1 Å². The van der Waals surface area contributed by atoms with Gasteiger partial charge in [0.2, 0.25) is 0 Å². The van der Waals surface area contributed by atoms with E-state index in [9.17, 15) is 0 Å². The van der Waals surface area contributed by atoms with Crippen molar-refractivity contribution in [2.45, 2.75) is 99.0 Å². The Labute approximate surface area is 164 Å². The molecule has 0 spiro atoms. The van der Waals surface area contributed by atoms with Crippen molar-refractivity contribution in [1.29, 1.82) is 0 Å². The van der Waals surface area contributed by atoms with E-state index in [1.54, 1.807) is 0 Å². The van der Waals surface area contributed by atoms with Crippen LogP contribution in [-0.2, 0) is 0 Å². The Morgan fingerprint density at radius 1 is 1.00 bits per heavy atom. The molecule has 0 nitrogen and oxygen atoms in total. The van der Waals surface area contributed by atoms with Crippen molar-refractivity contribution < 1.29 is 0 Å². The van der Waals surface area contributed by atoms with Gasteiger partial charge in [-0.15, -0.1) is 0 Å². The zero-order valence-electron chi connectivity index (χ0n) is 18.8. The Morgan fingerprint density at radius 2 is 1.54 bits per heavy atom. The van der Waals surface area contributed by atoms with Crippen LogP contribution in [0.3, 0.4) is 0 Å². The van der Waals surface area contributed by atoms with Crippen LogP contribution >= 0.6 is 0 Å². The van der Waals surface area contributed by atoms with Crippen LogP contribution in [0.2, 0.25) is 18.0 Å². The molecule has 1 fully saturated rings. The molecule has 26 heavy (non-hydrogen) atoms. The van der Waals surface area contributed by atoms with Gasteiger partial charge in [0.1, 0.15) is 0 Å². The maximum Gasteiger partial charge on any atom is 0.155 e. The van der Waals surface area contributed by atoms with Crippen LogP contribution in [0.25, 0.3) is 0 Å². The molecule has 0 saturated heterocycles. The summed E-state index contributed by atoms with van der Waals surface area (Å²) < 4.78 is 0. The second kappa shape index (κ2) is 8.98. The number of hydrogen-bond donors (Lipinski definition) is 0. The van der Waals surface area contributed by atoms with Gasteiger partial charge in [0.05, 0.1) is 0 Å². The Bertz CT molecular complexity index is 513. The summed E-state index contributed by atoms with van der Waals surface area (Å²) in [5.74, 6) is 3.67. The van der Waals surface area contributed by atoms with Gasteiger partial charge in [-0.2, -0.15) is 0 Å². The lowest BCUT2D eigenvalue weighted by atomic mass is 9.28. The average Bonchev–Trinajstić information content (AvgIpc) is 3.12. The van der Waals surface area contributed by atoms with Gasteiger partial charge in [-0.05, 0) is 81.8 Å². The highest BCUT2D eigenvalue weighted by Gasteiger charge is 2.42. The van der Waals surface area contributed by atoms with Gasteiger partial charge < -0.3 is 0 Å². The van der Waals surface area contributed by atoms with Gasteiger partial charge in [-0.25, -0.2) is 0 Å². The van der Waals surface area contributed by atoms with Gasteiger partial charge in [0.15, 0.2) is 6.71 Å². The van der Waals surface area contributed by atoms with E-state index in [0.29, 0.717) is 28.9 Å². The van der Waals surface area contributed by atoms with E-state index < -0.39 is 0 Å². The summed E-state index contributed by atoms with van der Waals surface area (Å²) in [5, 5.41) is 0. The first-order valence-corrected chi connectivity index (χ1v) is 11.1. The first-order valence-electron chi connectivity index (χ1n) is 11.1. The predicted octanol–water partition coefficient (Wildman–Crippen LogP) is 8.21. The normalized spacial score (nSPS) is 26.3. The van der Waals surface area contributed by atoms with E-state index >= 15 is 0 Å². The molecule has 0 N–H and O–H groups in total. The number of rotatable bonds is 9. The molecule has 4 unspecified atom stereocenters. The van der Waals surface area contributed by atoms with Crippen LogP contribution in [0, 0.1) is 23.2 Å². The minimum Gasteiger partial charge on any atom is -0.0897 e. The smallest absolute Gasteiger partial charge is 0.0897 e. The molecule has 0 heterocycles. The molecule has 2 aliphatic rings. The Hall–Kier alpha value is -0.715. The van der Waals surface area contributed by atoms with Crippen molar-refractivity contribution in [2.24, 2.45) is 23.2 Å². The number of hydrogen-bond acceptors (Lipinski definition) is 0. The number of fused-ring (bicyclic) bond motifs is 2. The molecule has 0 aliphatic heterocycles. The fourth-order valence-corrected chi connectivity index (χ4v) is 5.65. The summed E-state index contributed by atoms with van der Waals surface area (Å²) in [6.45, 7) is 19.6. The Morgan fingerprint density at radius 3 is 1.85 bits per heavy atom. The molecule has 2 rings (SSSR count). The minimum atomic E-state index is 0.544. The summed E-state index contributed by atoms with van der Waals surface area (Å²) in [6.07, 6.45) is 17.4. The highest BCUT2D eigenvalue weighted by Crippen LogP contribution is 2.53. The van der Waals surface area contributed by atoms with E-state index in [4.69, 9.17) is 0 Å². The molecule has 146 valence electrons. The third-order valence-corrected chi connectivity index (χ3v) is 6.96. The van der Waals surface area contributed by atoms with Gasteiger partial charge in [0.25, 0.3) is 0 Å². The van der Waals surface area contributed by atoms with E-state index in [1.807, 2.05) is 0 Å². The molecule has 0 amide bonds. The topological polar surface area (TPSA) is 0 Å². The highest BCUT2D eigenvalue weighted by atomic mass is 14.4. The molecule has 0 aromatic rings. The summed E-state index contributed by atoms with van der Waals surface area (Å²) in [4.78, 5) is 0. The maximum atomic E-state index is 2.59. The van der Waals surface area contributed by atoms with Crippen LogP contribution in [0.1, 0.15) is 81.1 Å². The van der Waals surface area contributed by atoms with Gasteiger partial charge in [0, 0.05) is 0 Å². The fraction of sp³-hybridized carbons (Fsp3) is 0.760. The zero-order valence-corrected chi connectivity index (χ0v) is 18.8. The standard InChI is InChI=1S/C25H43B/c1-18(2)15-23(20(5)6)26(24(21(7)8)16-19(3)4)14-13-25-11-9-22(17-25)10-12-25/h9,11,15-16,20-24H,10,12-14,17H2,1-8H3. The summed E-state index contributed by atoms with van der Waals surface area (Å²) in [7, 11) is 0. The first-order chi connectivity index (χ1) is 12.1. The van der Waals surface area contributed by atoms with Crippen LogP contribution in [0.5, 0.6) is 0 Å². The van der Waals surface area contributed by atoms with Gasteiger partial charge >= 0.3 is 0 Å². The molecule has 2 bridgehead atoms. The molecular weight excluding hydrogens is 311 g/mol. The lowest BCUT2D eigenvalue weighted by molar-refractivity contribution is 0.385. The first kappa shape index (κ1) is 21.6. The quantitative estimate of drug-likeness (QED) is 0.289. The molecular formula is C25H43B. The van der Waals surface area contributed by atoms with Crippen molar-refractivity contribution >= 4 is 6.71 Å². The molecule has 1 heteroatoms. The van der Waals surface area contributed by atoms with E-state index in [0.717, 1.165) is 12.6 Å². The molecule has 0 aromatic carbocycles. The average molecular weight is 354 g/mol. The van der Waals surface area contributed by atoms with Crippen molar-refractivity contribution in [1.82, 2.24) is 0 Å². The maximum absolute atomic E-state index is 2.59. The second-order valence-corrected chi connectivity index (χ2v) is 10.6. The minimum absolute atomic E-state index is 0.544. The number of allylic oxidation sites excluding steroid dienone is 6.